The number of nitrogens with one attached hydrogen (secondary N) is 1. The molecule has 0 bridgehead atoms. The highest BCUT2D eigenvalue weighted by atomic mass is 32.2. The van der Waals surface area contributed by atoms with Crippen molar-refractivity contribution in [2.45, 2.75) is 40.2 Å². The highest BCUT2D eigenvalue weighted by molar-refractivity contribution is 7.92. The van der Waals surface area contributed by atoms with Crippen molar-refractivity contribution in [1.29, 1.82) is 0 Å². The lowest BCUT2D eigenvalue weighted by atomic mass is 9.99. The van der Waals surface area contributed by atoms with Crippen LogP contribution in [0.1, 0.15) is 41.6 Å². The summed E-state index contributed by atoms with van der Waals surface area (Å²) in [5.41, 5.74) is 4.81. The summed E-state index contributed by atoms with van der Waals surface area (Å²) in [5.74, 6) is -0.327. The van der Waals surface area contributed by atoms with Gasteiger partial charge in [-0.1, -0.05) is 37.3 Å². The normalized spacial score (nSPS) is 12.5. The van der Waals surface area contributed by atoms with Crippen LogP contribution in [0.5, 0.6) is 0 Å². The fourth-order valence-electron chi connectivity index (χ4n) is 2.96. The molecule has 0 saturated heterocycles. The second kappa shape index (κ2) is 8.57. The predicted molar refractivity (Wildman–Crippen MR) is 110 cm³/mol. The monoisotopic (exact) mass is 388 g/mol. The Balaban J connectivity index is 2.20. The van der Waals surface area contributed by atoms with Crippen molar-refractivity contribution in [1.82, 2.24) is 5.32 Å². The zero-order valence-corrected chi connectivity index (χ0v) is 17.4. The van der Waals surface area contributed by atoms with Gasteiger partial charge in [0.1, 0.15) is 6.54 Å². The predicted octanol–water partition coefficient (Wildman–Crippen LogP) is 3.65. The minimum Gasteiger partial charge on any atom is -0.348 e. The van der Waals surface area contributed by atoms with E-state index in [2.05, 4.69) is 11.4 Å². The molecule has 0 radical (unpaired) electrons. The zero-order chi connectivity index (χ0) is 20.2. The van der Waals surface area contributed by atoms with Gasteiger partial charge in [-0.25, -0.2) is 8.42 Å². The van der Waals surface area contributed by atoms with E-state index in [0.717, 1.165) is 33.7 Å². The summed E-state index contributed by atoms with van der Waals surface area (Å²) in [6, 6.07) is 13.1. The molecule has 0 unspecified atom stereocenters. The smallest absolute Gasteiger partial charge is 0.241 e. The Morgan fingerprint density at radius 3 is 2.33 bits per heavy atom. The number of nitrogens with zero attached hydrogens (tertiary/aromatic N) is 1. The summed E-state index contributed by atoms with van der Waals surface area (Å²) < 4.78 is 25.6. The van der Waals surface area contributed by atoms with Crippen LogP contribution in [0.2, 0.25) is 0 Å². The number of amides is 1. The maximum absolute atomic E-state index is 12.6. The van der Waals surface area contributed by atoms with E-state index in [0.29, 0.717) is 5.69 Å². The molecular weight excluding hydrogens is 360 g/mol. The van der Waals surface area contributed by atoms with Gasteiger partial charge in [-0.2, -0.15) is 0 Å². The van der Waals surface area contributed by atoms with Crippen LogP contribution in [0, 0.1) is 20.8 Å². The van der Waals surface area contributed by atoms with E-state index in [-0.39, 0.29) is 18.5 Å². The molecule has 0 aliphatic heterocycles. The van der Waals surface area contributed by atoms with E-state index in [1.54, 1.807) is 18.2 Å². The molecule has 2 aromatic rings. The average Bonchev–Trinajstić information content (AvgIpc) is 2.59. The average molecular weight is 389 g/mol. The molecule has 0 aliphatic carbocycles. The standard InChI is InChI=1S/C21H28N2O3S/c1-6-20(18-11-10-16(3)17(4)13-18)22-21(24)14-23(27(5,25)26)19-9-7-8-15(2)12-19/h7-13,20H,6,14H2,1-5H3,(H,22,24)/t20-/m1/s1. The number of anilines is 1. The molecule has 2 aromatic carbocycles. The van der Waals surface area contributed by atoms with Crippen LogP contribution < -0.4 is 9.62 Å². The summed E-state index contributed by atoms with van der Waals surface area (Å²) in [6.45, 7) is 7.72. The number of benzene rings is 2. The number of rotatable bonds is 7. The van der Waals surface area contributed by atoms with Gasteiger partial charge >= 0.3 is 0 Å². The second-order valence-corrected chi connectivity index (χ2v) is 8.89. The minimum atomic E-state index is -3.58. The Hall–Kier alpha value is -2.34. The molecule has 5 nitrogen and oxygen atoms in total. The first kappa shape index (κ1) is 21.0. The van der Waals surface area contributed by atoms with Crippen LogP contribution in [-0.4, -0.2) is 27.1 Å². The molecular formula is C21H28N2O3S. The molecule has 0 saturated carbocycles. The molecule has 0 aromatic heterocycles. The molecule has 27 heavy (non-hydrogen) atoms. The minimum absolute atomic E-state index is 0.157. The van der Waals surface area contributed by atoms with Gasteiger partial charge in [0.2, 0.25) is 15.9 Å². The highest BCUT2D eigenvalue weighted by Gasteiger charge is 2.22. The fourth-order valence-corrected chi connectivity index (χ4v) is 3.80. The lowest BCUT2D eigenvalue weighted by molar-refractivity contribution is -0.120. The van der Waals surface area contributed by atoms with Crippen LogP contribution in [0.15, 0.2) is 42.5 Å². The Labute approximate surface area is 162 Å². The number of hydrogen-bond acceptors (Lipinski definition) is 3. The first-order valence-electron chi connectivity index (χ1n) is 9.02. The third-order valence-electron chi connectivity index (χ3n) is 4.65. The maximum Gasteiger partial charge on any atom is 0.241 e. The van der Waals surface area contributed by atoms with Crippen LogP contribution in [0.3, 0.4) is 0 Å². The molecule has 0 aliphatic rings. The van der Waals surface area contributed by atoms with Crippen LogP contribution in [0.4, 0.5) is 5.69 Å². The maximum atomic E-state index is 12.6. The van der Waals surface area contributed by atoms with E-state index >= 15 is 0 Å². The molecule has 146 valence electrons. The van der Waals surface area contributed by atoms with Gasteiger partial charge in [-0.05, 0) is 61.6 Å². The van der Waals surface area contributed by atoms with Gasteiger partial charge in [0.25, 0.3) is 0 Å². The van der Waals surface area contributed by atoms with Crippen molar-refractivity contribution in [3.05, 3.63) is 64.7 Å². The first-order valence-corrected chi connectivity index (χ1v) is 10.9. The summed E-state index contributed by atoms with van der Waals surface area (Å²) in [6.07, 6.45) is 1.83. The summed E-state index contributed by atoms with van der Waals surface area (Å²) >= 11 is 0. The van der Waals surface area contributed by atoms with E-state index in [9.17, 15) is 13.2 Å². The lowest BCUT2D eigenvalue weighted by Crippen LogP contribution is -2.41. The van der Waals surface area contributed by atoms with Crippen molar-refractivity contribution in [3.63, 3.8) is 0 Å². The topological polar surface area (TPSA) is 66.5 Å². The molecule has 0 spiro atoms. The van der Waals surface area contributed by atoms with E-state index < -0.39 is 10.0 Å². The Kier molecular flexibility index (Phi) is 6.65. The molecule has 6 heteroatoms. The van der Waals surface area contributed by atoms with E-state index in [4.69, 9.17) is 0 Å². The summed E-state index contributed by atoms with van der Waals surface area (Å²) in [5, 5.41) is 2.97. The van der Waals surface area contributed by atoms with Crippen LogP contribution in [-0.2, 0) is 14.8 Å². The summed E-state index contributed by atoms with van der Waals surface area (Å²) in [4.78, 5) is 12.6. The van der Waals surface area contributed by atoms with Gasteiger partial charge in [-0.15, -0.1) is 0 Å². The Bertz CT molecular complexity index is 923. The van der Waals surface area contributed by atoms with Crippen molar-refractivity contribution >= 4 is 21.6 Å². The van der Waals surface area contributed by atoms with Gasteiger partial charge in [-0.3, -0.25) is 9.10 Å². The second-order valence-electron chi connectivity index (χ2n) is 6.98. The van der Waals surface area contributed by atoms with E-state index in [1.165, 1.54) is 5.56 Å². The molecule has 0 fully saturated rings. The first-order chi connectivity index (χ1) is 12.6. The van der Waals surface area contributed by atoms with Crippen molar-refractivity contribution < 1.29 is 13.2 Å². The fraction of sp³-hybridized carbons (Fsp3) is 0.381. The molecule has 2 rings (SSSR count). The number of carbonyl (C=O) groups excluding carboxylic acids is 1. The van der Waals surface area contributed by atoms with Crippen LogP contribution >= 0.6 is 0 Å². The van der Waals surface area contributed by atoms with Crippen LogP contribution in [0.25, 0.3) is 0 Å². The lowest BCUT2D eigenvalue weighted by Gasteiger charge is -2.24. The third kappa shape index (κ3) is 5.57. The molecule has 1 atom stereocenters. The Morgan fingerprint density at radius 1 is 1.07 bits per heavy atom. The van der Waals surface area contributed by atoms with E-state index in [1.807, 2.05) is 45.9 Å². The number of hydrogen-bond donors (Lipinski definition) is 1. The highest BCUT2D eigenvalue weighted by Crippen LogP contribution is 2.21. The largest absolute Gasteiger partial charge is 0.348 e. The Morgan fingerprint density at radius 2 is 1.78 bits per heavy atom. The van der Waals surface area contributed by atoms with Gasteiger partial charge in [0, 0.05) is 0 Å². The van der Waals surface area contributed by atoms with Crippen molar-refractivity contribution in [2.24, 2.45) is 0 Å². The quantitative estimate of drug-likeness (QED) is 0.787. The van der Waals surface area contributed by atoms with Crippen molar-refractivity contribution in [3.8, 4) is 0 Å². The summed E-state index contributed by atoms with van der Waals surface area (Å²) in [7, 11) is -3.58. The number of sulfonamides is 1. The zero-order valence-electron chi connectivity index (χ0n) is 16.6. The third-order valence-corrected chi connectivity index (χ3v) is 5.79. The molecule has 0 heterocycles. The van der Waals surface area contributed by atoms with Gasteiger partial charge in [0.05, 0.1) is 18.0 Å². The molecule has 1 N–H and O–H groups in total. The van der Waals surface area contributed by atoms with Crippen molar-refractivity contribution in [2.75, 3.05) is 17.1 Å². The van der Waals surface area contributed by atoms with Gasteiger partial charge < -0.3 is 5.32 Å². The molecule has 1 amide bonds. The van der Waals surface area contributed by atoms with Gasteiger partial charge in [0.15, 0.2) is 0 Å². The number of carbonyl (C=O) groups is 1. The number of aryl methyl sites for hydroxylation is 3. The SMILES string of the molecule is CC[C@@H](NC(=O)CN(c1cccc(C)c1)S(C)(=O)=O)c1ccc(C)c(C)c1.